The monoisotopic (exact) mass is 541 g/mol. The molecule has 1 spiro atoms. The first kappa shape index (κ1) is 24.8. The summed E-state index contributed by atoms with van der Waals surface area (Å²) in [4.78, 5) is 22.4. The van der Waals surface area contributed by atoms with E-state index >= 15 is 0 Å². The molecule has 3 aliphatic rings. The van der Waals surface area contributed by atoms with E-state index in [0.29, 0.717) is 21.9 Å². The molecule has 2 aromatic heterocycles. The molecule has 3 fully saturated rings. The van der Waals surface area contributed by atoms with Crippen LogP contribution < -0.4 is 16.2 Å². The summed E-state index contributed by atoms with van der Waals surface area (Å²) in [6.45, 7) is 3.84. The van der Waals surface area contributed by atoms with Gasteiger partial charge in [-0.1, -0.05) is 24.4 Å². The van der Waals surface area contributed by atoms with Gasteiger partial charge in [0.05, 0.1) is 10.1 Å². The highest BCUT2D eigenvalue weighted by molar-refractivity contribution is 7.92. The van der Waals surface area contributed by atoms with Crippen molar-refractivity contribution < 1.29 is 8.42 Å². The predicted molar refractivity (Wildman–Crippen MR) is 146 cm³/mol. The summed E-state index contributed by atoms with van der Waals surface area (Å²) >= 11 is 6.24. The van der Waals surface area contributed by atoms with Crippen molar-refractivity contribution in [2.75, 3.05) is 18.4 Å². The van der Waals surface area contributed by atoms with Crippen molar-refractivity contribution in [1.29, 1.82) is 0 Å². The van der Waals surface area contributed by atoms with E-state index in [2.05, 4.69) is 20.6 Å². The van der Waals surface area contributed by atoms with E-state index in [-0.39, 0.29) is 27.3 Å². The first-order valence-electron chi connectivity index (χ1n) is 13.2. The summed E-state index contributed by atoms with van der Waals surface area (Å²) in [6.07, 6.45) is 9.32. The van der Waals surface area contributed by atoms with Gasteiger partial charge in [0.25, 0.3) is 5.56 Å². The summed E-state index contributed by atoms with van der Waals surface area (Å²) in [5, 5.41) is 7.19. The van der Waals surface area contributed by atoms with Crippen LogP contribution in [0.15, 0.2) is 40.2 Å². The van der Waals surface area contributed by atoms with Crippen molar-refractivity contribution in [1.82, 2.24) is 19.9 Å². The Labute approximate surface area is 221 Å². The summed E-state index contributed by atoms with van der Waals surface area (Å²) in [5.41, 5.74) is 2.07. The molecule has 8 nitrogen and oxygen atoms in total. The zero-order valence-corrected chi connectivity index (χ0v) is 22.5. The van der Waals surface area contributed by atoms with Crippen LogP contribution in [-0.2, 0) is 9.84 Å². The highest BCUT2D eigenvalue weighted by Gasteiger charge is 2.50. The van der Waals surface area contributed by atoms with Crippen molar-refractivity contribution in [3.63, 3.8) is 0 Å². The number of benzene rings is 1. The molecule has 2 saturated carbocycles. The first-order valence-corrected chi connectivity index (χ1v) is 15.1. The van der Waals surface area contributed by atoms with Crippen LogP contribution in [0.2, 0.25) is 5.02 Å². The number of rotatable bonds is 5. The lowest BCUT2D eigenvalue weighted by atomic mass is 9.63. The molecule has 0 radical (unpaired) electrons. The molecule has 1 saturated heterocycles. The summed E-state index contributed by atoms with van der Waals surface area (Å²) in [7, 11) is -3.37. The van der Waals surface area contributed by atoms with Crippen LogP contribution in [0.25, 0.3) is 11.0 Å². The Morgan fingerprint density at radius 1 is 1.14 bits per heavy atom. The fourth-order valence-corrected chi connectivity index (χ4v) is 8.74. The topological polar surface area (TPSA) is 106 Å². The number of sulfone groups is 1. The van der Waals surface area contributed by atoms with E-state index in [1.165, 1.54) is 0 Å². The number of hydrogen-bond donors (Lipinski definition) is 2. The molecule has 2 aliphatic carbocycles. The van der Waals surface area contributed by atoms with Crippen LogP contribution in [0.4, 0.5) is 11.6 Å². The molecule has 6 rings (SSSR count). The number of nitrogens with zero attached hydrogens (tertiary/aromatic N) is 3. The number of anilines is 2. The number of fused-ring (bicyclic) bond motifs is 1. The number of aromatic nitrogens is 3. The van der Waals surface area contributed by atoms with Gasteiger partial charge in [0, 0.05) is 23.3 Å². The summed E-state index contributed by atoms with van der Waals surface area (Å²) < 4.78 is 28.4. The molecule has 37 heavy (non-hydrogen) atoms. The molecule has 3 heterocycles. The SMILES string of the molecule is Cc1cc(S(=O)(=O)C2CC3(CCNCC3)C2)ccc1Nc1ncc2cc(Cl)c(=O)n(C3CCCC3)c2n1. The van der Waals surface area contributed by atoms with E-state index in [4.69, 9.17) is 11.6 Å². The maximum atomic E-state index is 13.3. The molecule has 0 bridgehead atoms. The smallest absolute Gasteiger partial charge is 0.271 e. The fraction of sp³-hybridized carbons (Fsp3) is 0.519. The maximum absolute atomic E-state index is 13.3. The molecule has 3 aromatic rings. The van der Waals surface area contributed by atoms with Gasteiger partial charge in [-0.05, 0) is 93.8 Å². The number of nitrogens with one attached hydrogen (secondary N) is 2. The minimum atomic E-state index is -3.37. The van der Waals surface area contributed by atoms with Crippen LogP contribution in [0.3, 0.4) is 0 Å². The van der Waals surface area contributed by atoms with Crippen LogP contribution in [0.1, 0.15) is 63.0 Å². The average Bonchev–Trinajstić information content (AvgIpc) is 3.39. The van der Waals surface area contributed by atoms with Gasteiger partial charge in [0.1, 0.15) is 10.7 Å². The van der Waals surface area contributed by atoms with Crippen LogP contribution in [0.5, 0.6) is 0 Å². The summed E-state index contributed by atoms with van der Waals surface area (Å²) in [5.74, 6) is 0.353. The Kier molecular flexibility index (Phi) is 6.28. The second-order valence-corrected chi connectivity index (χ2v) is 13.6. The van der Waals surface area contributed by atoms with E-state index < -0.39 is 9.84 Å². The molecular formula is C27H32ClN5O3S. The predicted octanol–water partition coefficient (Wildman–Crippen LogP) is 4.92. The largest absolute Gasteiger partial charge is 0.324 e. The van der Waals surface area contributed by atoms with Crippen molar-refractivity contribution in [3.05, 3.63) is 51.4 Å². The van der Waals surface area contributed by atoms with Crippen molar-refractivity contribution in [2.24, 2.45) is 5.41 Å². The van der Waals surface area contributed by atoms with Gasteiger partial charge in [0.15, 0.2) is 9.84 Å². The van der Waals surface area contributed by atoms with Crippen molar-refractivity contribution in [3.8, 4) is 0 Å². The maximum Gasteiger partial charge on any atom is 0.271 e. The second-order valence-electron chi connectivity index (χ2n) is 11.0. The molecule has 0 unspecified atom stereocenters. The normalized spacial score (nSPS) is 20.4. The lowest BCUT2D eigenvalue weighted by Crippen LogP contribution is -2.50. The molecule has 1 aliphatic heterocycles. The molecule has 1 aromatic carbocycles. The van der Waals surface area contributed by atoms with Gasteiger partial charge in [-0.2, -0.15) is 4.98 Å². The first-order chi connectivity index (χ1) is 17.8. The van der Waals surface area contributed by atoms with E-state index in [1.54, 1.807) is 35.0 Å². The fourth-order valence-electron chi connectivity index (χ4n) is 6.41. The number of hydrogen-bond acceptors (Lipinski definition) is 7. The van der Waals surface area contributed by atoms with Gasteiger partial charge in [-0.25, -0.2) is 13.4 Å². The van der Waals surface area contributed by atoms with Crippen molar-refractivity contribution in [2.45, 2.75) is 74.5 Å². The minimum Gasteiger partial charge on any atom is -0.324 e. The lowest BCUT2D eigenvalue weighted by Gasteiger charge is -2.49. The van der Waals surface area contributed by atoms with Gasteiger partial charge in [-0.3, -0.25) is 9.36 Å². The van der Waals surface area contributed by atoms with Gasteiger partial charge < -0.3 is 10.6 Å². The van der Waals surface area contributed by atoms with Crippen LogP contribution in [-0.4, -0.2) is 41.3 Å². The zero-order chi connectivity index (χ0) is 25.8. The molecule has 2 N–H and O–H groups in total. The Hall–Kier alpha value is -2.49. The van der Waals surface area contributed by atoms with Gasteiger partial charge in [0.2, 0.25) is 5.95 Å². The Morgan fingerprint density at radius 3 is 2.57 bits per heavy atom. The Balaban J connectivity index is 1.25. The van der Waals surface area contributed by atoms with Crippen LogP contribution in [0, 0.1) is 12.3 Å². The summed E-state index contributed by atoms with van der Waals surface area (Å²) in [6, 6.07) is 6.89. The quantitative estimate of drug-likeness (QED) is 0.472. The van der Waals surface area contributed by atoms with Gasteiger partial charge >= 0.3 is 0 Å². The highest BCUT2D eigenvalue weighted by Crippen LogP contribution is 2.51. The minimum absolute atomic E-state index is 0.0817. The number of pyridine rings is 1. The van der Waals surface area contributed by atoms with Crippen LogP contribution >= 0.6 is 11.6 Å². The average molecular weight is 542 g/mol. The van der Waals surface area contributed by atoms with Gasteiger partial charge in [-0.15, -0.1) is 0 Å². The third-order valence-electron chi connectivity index (χ3n) is 8.62. The lowest BCUT2D eigenvalue weighted by molar-refractivity contribution is 0.0901. The molecule has 0 atom stereocenters. The Bertz CT molecular complexity index is 1520. The zero-order valence-electron chi connectivity index (χ0n) is 21.0. The Morgan fingerprint density at radius 2 is 1.86 bits per heavy atom. The van der Waals surface area contributed by atoms with Crippen molar-refractivity contribution >= 4 is 44.1 Å². The van der Waals surface area contributed by atoms with E-state index in [0.717, 1.165) is 75.7 Å². The molecular weight excluding hydrogens is 510 g/mol. The molecule has 196 valence electrons. The van der Waals surface area contributed by atoms with E-state index in [9.17, 15) is 13.2 Å². The van der Waals surface area contributed by atoms with E-state index in [1.807, 2.05) is 6.92 Å². The highest BCUT2D eigenvalue weighted by atomic mass is 35.5. The second kappa shape index (κ2) is 9.36. The third-order valence-corrected chi connectivity index (χ3v) is 11.0. The molecule has 10 heteroatoms. The number of piperidine rings is 1. The third kappa shape index (κ3) is 4.45. The number of halogens is 1. The number of aryl methyl sites for hydroxylation is 1. The molecule has 0 amide bonds. The standard InChI is InChI=1S/C27H32ClN5O3S/c1-17-12-20(37(35,36)21-14-27(15-21)8-10-29-11-9-27)6-7-23(17)31-26-30-16-18-13-22(28)25(34)33(24(18)32-26)19-4-2-3-5-19/h6-7,12-13,16,19,21,29H,2-5,8-11,14-15H2,1H3,(H,30,31,32).